The second-order valence-electron chi connectivity index (χ2n) is 2.11. The molecule has 0 aliphatic carbocycles. The van der Waals surface area contributed by atoms with Gasteiger partial charge in [0.15, 0.2) is 0 Å². The van der Waals surface area contributed by atoms with Crippen LogP contribution in [0, 0.1) is 0 Å². The molecule has 0 aromatic heterocycles. The molecule has 0 heterocycles. The lowest BCUT2D eigenvalue weighted by atomic mass is 10.4. The summed E-state index contributed by atoms with van der Waals surface area (Å²) < 4.78 is 18.9. The largest absolute Gasteiger partial charge is 0.508 e. The molecule has 0 aliphatic rings. The number of carbonyl (C=O) groups excluding carboxylic acids is 1. The van der Waals surface area contributed by atoms with Crippen molar-refractivity contribution >= 4 is 13.8 Å². The molecule has 88 valence electrons. The van der Waals surface area contributed by atoms with Crippen LogP contribution >= 0.6 is 7.82 Å². The number of carbonyl (C=O) groups is 1. The lowest BCUT2D eigenvalue weighted by Crippen LogP contribution is -2.05. The summed E-state index contributed by atoms with van der Waals surface area (Å²) in [5, 5.41) is 0. The summed E-state index contributed by atoms with van der Waals surface area (Å²) in [7, 11) is -4.27. The van der Waals surface area contributed by atoms with Gasteiger partial charge in [-0.2, -0.15) is 0 Å². The minimum atomic E-state index is -4.27. The molecule has 1 unspecified atom stereocenters. The molecule has 6 nitrogen and oxygen atoms in total. The van der Waals surface area contributed by atoms with Gasteiger partial charge in [-0.15, -0.1) is 13.2 Å². The molecule has 0 saturated heterocycles. The monoisotopic (exact) mass is 238 g/mol. The Kier molecular flexibility index (Phi) is 9.21. The van der Waals surface area contributed by atoms with Gasteiger partial charge in [-0.25, -0.2) is 9.36 Å². The maximum atomic E-state index is 10.7. The Morgan fingerprint density at radius 3 is 2.27 bits per heavy atom. The van der Waals surface area contributed by atoms with E-state index in [1.54, 1.807) is 0 Å². The van der Waals surface area contributed by atoms with E-state index in [0.29, 0.717) is 0 Å². The van der Waals surface area contributed by atoms with E-state index in [0.717, 1.165) is 0 Å². The third kappa shape index (κ3) is 9.37. The minimum absolute atomic E-state index is 0.0294. The molecule has 0 spiro atoms. The molecule has 1 N–H and O–H groups in total. The zero-order valence-corrected chi connectivity index (χ0v) is 9.66. The Labute approximate surface area is 88.7 Å². The molecule has 0 fully saturated rings. The fourth-order valence-corrected chi connectivity index (χ4v) is 0.868. The van der Waals surface area contributed by atoms with Crippen molar-refractivity contribution in [1.29, 1.82) is 0 Å². The zero-order chi connectivity index (χ0) is 12.5. The van der Waals surface area contributed by atoms with Crippen molar-refractivity contribution in [3.8, 4) is 0 Å². The van der Waals surface area contributed by atoms with Crippen LogP contribution in [0.4, 0.5) is 0 Å². The van der Waals surface area contributed by atoms with Crippen molar-refractivity contribution in [3.63, 3.8) is 0 Å². The van der Waals surface area contributed by atoms with Crippen LogP contribution < -0.4 is 0 Å². The fourth-order valence-electron chi connectivity index (χ4n) is 0.337. The van der Waals surface area contributed by atoms with Crippen LogP contribution in [0.2, 0.25) is 0 Å². The average molecular weight is 238 g/mol. The summed E-state index contributed by atoms with van der Waals surface area (Å²) in [6.45, 7) is 12.1. The van der Waals surface area contributed by atoms with Crippen molar-refractivity contribution in [1.82, 2.24) is 0 Å². The van der Waals surface area contributed by atoms with E-state index in [9.17, 15) is 9.36 Å². The maximum absolute atomic E-state index is 10.7. The van der Waals surface area contributed by atoms with Crippen molar-refractivity contribution in [2.45, 2.75) is 13.8 Å². The van der Waals surface area contributed by atoms with E-state index < -0.39 is 13.8 Å². The average Bonchev–Trinajstić information content (AvgIpc) is 2.17. The van der Waals surface area contributed by atoms with E-state index in [1.807, 2.05) is 0 Å². The topological polar surface area (TPSA) is 82.1 Å². The van der Waals surface area contributed by atoms with Gasteiger partial charge in [-0.1, -0.05) is 11.3 Å². The van der Waals surface area contributed by atoms with E-state index in [-0.39, 0.29) is 12.2 Å². The number of phosphoric ester groups is 1. The summed E-state index contributed by atoms with van der Waals surface area (Å²) in [6.07, 6.45) is 0. The van der Waals surface area contributed by atoms with Gasteiger partial charge >= 0.3 is 13.8 Å². The summed E-state index contributed by atoms with van der Waals surface area (Å²) in [5.41, 5.74) is 0.0523. The van der Waals surface area contributed by atoms with Crippen LogP contribution in [0.5, 0.6) is 0 Å². The lowest BCUT2D eigenvalue weighted by molar-refractivity contribution is -0.218. The molecule has 0 bridgehead atoms. The zero-order valence-electron chi connectivity index (χ0n) is 8.76. The summed E-state index contributed by atoms with van der Waals surface area (Å²) in [4.78, 5) is 23.4. The van der Waals surface area contributed by atoms with Crippen LogP contribution in [0.15, 0.2) is 25.3 Å². The first-order valence-electron chi connectivity index (χ1n) is 3.92. The molecule has 0 rings (SSSR count). The Balaban J connectivity index is 0. The molecule has 0 saturated carbocycles. The molecule has 0 radical (unpaired) electrons. The predicted octanol–water partition coefficient (Wildman–Crippen LogP) is 1.98. The minimum Gasteiger partial charge on any atom is -0.300 e. The van der Waals surface area contributed by atoms with Gasteiger partial charge in [0.2, 0.25) is 0 Å². The van der Waals surface area contributed by atoms with Gasteiger partial charge in [0.05, 0.1) is 6.61 Å². The number of rotatable bonds is 5. The maximum Gasteiger partial charge on any atom is 0.508 e. The second-order valence-corrected chi connectivity index (χ2v) is 3.46. The predicted molar refractivity (Wildman–Crippen MR) is 54.7 cm³/mol. The van der Waals surface area contributed by atoms with E-state index in [4.69, 9.17) is 4.89 Å². The van der Waals surface area contributed by atoms with Gasteiger partial charge in [0, 0.05) is 5.57 Å². The lowest BCUT2D eigenvalue weighted by Gasteiger charge is -2.08. The molecule has 0 aromatic carbocycles. The standard InChI is InChI=1S/C6H11O6P.C2H4/c1-4-10-13(8,9)12-11-6(7)5(2)3;1-2/h2,4H2,1,3H3,(H,8,9);1-2H2. The highest BCUT2D eigenvalue weighted by Gasteiger charge is 2.24. The summed E-state index contributed by atoms with van der Waals surface area (Å²) >= 11 is 0. The van der Waals surface area contributed by atoms with Gasteiger partial charge < -0.3 is 4.89 Å². The Bertz CT molecular complexity index is 262. The van der Waals surface area contributed by atoms with Crippen LogP contribution in [-0.4, -0.2) is 17.5 Å². The smallest absolute Gasteiger partial charge is 0.300 e. The van der Waals surface area contributed by atoms with Crippen molar-refractivity contribution in [2.75, 3.05) is 6.61 Å². The number of hydrogen-bond donors (Lipinski definition) is 1. The molecular formula is C8H15O6P. The second kappa shape index (κ2) is 8.38. The molecule has 0 amide bonds. The first kappa shape index (κ1) is 16.5. The molecule has 1 atom stereocenters. The molecule has 7 heteroatoms. The van der Waals surface area contributed by atoms with Crippen LogP contribution in [0.3, 0.4) is 0 Å². The Morgan fingerprint density at radius 1 is 1.47 bits per heavy atom. The highest BCUT2D eigenvalue weighted by Crippen LogP contribution is 2.43. The number of phosphoric acid groups is 1. The summed E-state index contributed by atoms with van der Waals surface area (Å²) in [5.74, 6) is -0.922. The highest BCUT2D eigenvalue weighted by atomic mass is 31.2. The number of hydrogen-bond acceptors (Lipinski definition) is 5. The van der Waals surface area contributed by atoms with Crippen LogP contribution in [0.1, 0.15) is 13.8 Å². The molecule has 0 aromatic rings. The molecule has 0 aliphatic heterocycles. The quantitative estimate of drug-likeness (QED) is 0.259. The Morgan fingerprint density at radius 2 is 1.93 bits per heavy atom. The van der Waals surface area contributed by atoms with Gasteiger partial charge in [0.25, 0.3) is 0 Å². The van der Waals surface area contributed by atoms with Gasteiger partial charge in [-0.05, 0) is 13.8 Å². The first-order valence-corrected chi connectivity index (χ1v) is 5.42. The Hall–Kier alpha value is -0.940. The molecular weight excluding hydrogens is 223 g/mol. The normalized spacial score (nSPS) is 13.0. The van der Waals surface area contributed by atoms with Crippen molar-refractivity contribution < 1.29 is 28.3 Å². The van der Waals surface area contributed by atoms with Crippen LogP contribution in [-0.2, 0) is 23.4 Å². The third-order valence-electron chi connectivity index (χ3n) is 0.848. The van der Waals surface area contributed by atoms with Crippen molar-refractivity contribution in [3.05, 3.63) is 25.3 Å². The SMILES string of the molecule is C=C.C=C(C)C(=O)OOP(=O)(O)OCC. The fraction of sp³-hybridized carbons (Fsp3) is 0.375. The van der Waals surface area contributed by atoms with E-state index >= 15 is 0 Å². The van der Waals surface area contributed by atoms with E-state index in [2.05, 4.69) is 33.8 Å². The first-order chi connectivity index (χ1) is 6.89. The van der Waals surface area contributed by atoms with Crippen LogP contribution in [0.25, 0.3) is 0 Å². The third-order valence-corrected chi connectivity index (χ3v) is 1.70. The molecule has 15 heavy (non-hydrogen) atoms. The van der Waals surface area contributed by atoms with Crippen molar-refractivity contribution in [2.24, 2.45) is 0 Å². The van der Waals surface area contributed by atoms with Gasteiger partial charge in [0.1, 0.15) is 0 Å². The van der Waals surface area contributed by atoms with E-state index in [1.165, 1.54) is 13.8 Å². The van der Waals surface area contributed by atoms with Gasteiger partial charge in [-0.3, -0.25) is 9.41 Å². The summed E-state index contributed by atoms with van der Waals surface area (Å²) in [6, 6.07) is 0. The highest BCUT2D eigenvalue weighted by molar-refractivity contribution is 7.47.